The van der Waals surface area contributed by atoms with Crippen LogP contribution >= 0.6 is 0 Å². The van der Waals surface area contributed by atoms with Crippen molar-refractivity contribution < 1.29 is 9.53 Å². The molecule has 0 aromatic heterocycles. The Bertz CT molecular complexity index is 828. The number of carbonyl (C=O) groups excluding carboxylic acids is 1. The largest absolute Gasteiger partial charge is 0.493 e. The van der Waals surface area contributed by atoms with Gasteiger partial charge in [-0.1, -0.05) is 31.2 Å². The van der Waals surface area contributed by atoms with Crippen LogP contribution in [-0.2, 0) is 19.5 Å². The van der Waals surface area contributed by atoms with Gasteiger partial charge in [0.25, 0.3) is 5.91 Å². The average molecular weight is 380 g/mol. The molecule has 5 nitrogen and oxygen atoms in total. The van der Waals surface area contributed by atoms with Crippen molar-refractivity contribution in [2.45, 2.75) is 26.4 Å². The first kappa shape index (κ1) is 19.0. The zero-order valence-corrected chi connectivity index (χ0v) is 16.6. The second-order valence-corrected chi connectivity index (χ2v) is 7.58. The Balaban J connectivity index is 1.37. The van der Waals surface area contributed by atoms with Crippen molar-refractivity contribution in [2.24, 2.45) is 0 Å². The standard InChI is InChI=1S/C23H29N3O2/c1-2-25-10-12-26(13-11-25)17-21-6-4-3-5-20(21)16-24-23(27)19-7-8-22-18(15-19)9-14-28-22/h3-8,15H,2,9-14,16-17H2,1H3,(H,24,27). The molecule has 0 bridgehead atoms. The van der Waals surface area contributed by atoms with Gasteiger partial charge in [0.15, 0.2) is 0 Å². The molecule has 28 heavy (non-hydrogen) atoms. The first-order chi connectivity index (χ1) is 13.7. The highest BCUT2D eigenvalue weighted by atomic mass is 16.5. The van der Waals surface area contributed by atoms with E-state index in [2.05, 4.69) is 40.2 Å². The maximum atomic E-state index is 12.6. The minimum Gasteiger partial charge on any atom is -0.493 e. The third kappa shape index (κ3) is 4.37. The number of nitrogens with zero attached hydrogens (tertiary/aromatic N) is 2. The van der Waals surface area contributed by atoms with Crippen LogP contribution in [-0.4, -0.2) is 55.0 Å². The van der Waals surface area contributed by atoms with E-state index in [1.807, 2.05) is 24.3 Å². The molecule has 2 aromatic rings. The number of nitrogens with one attached hydrogen (secondary N) is 1. The Kier molecular flexibility index (Phi) is 5.93. The minimum atomic E-state index is -0.0268. The molecule has 5 heteroatoms. The molecule has 2 aliphatic heterocycles. The second kappa shape index (κ2) is 8.76. The van der Waals surface area contributed by atoms with E-state index in [4.69, 9.17) is 4.74 Å². The zero-order valence-electron chi connectivity index (χ0n) is 16.6. The summed E-state index contributed by atoms with van der Waals surface area (Å²) < 4.78 is 5.52. The topological polar surface area (TPSA) is 44.8 Å². The van der Waals surface area contributed by atoms with Gasteiger partial charge in [-0.2, -0.15) is 0 Å². The van der Waals surface area contributed by atoms with Crippen LogP contribution in [0, 0.1) is 0 Å². The fourth-order valence-electron chi connectivity index (χ4n) is 3.99. The lowest BCUT2D eigenvalue weighted by atomic mass is 10.1. The molecule has 1 N–H and O–H groups in total. The highest BCUT2D eigenvalue weighted by Crippen LogP contribution is 2.25. The van der Waals surface area contributed by atoms with Crippen molar-refractivity contribution in [3.63, 3.8) is 0 Å². The van der Waals surface area contributed by atoms with Crippen LogP contribution in [0.2, 0.25) is 0 Å². The lowest BCUT2D eigenvalue weighted by molar-refractivity contribution is 0.0950. The molecule has 0 saturated carbocycles. The zero-order chi connectivity index (χ0) is 19.3. The van der Waals surface area contributed by atoms with Crippen LogP contribution in [0.3, 0.4) is 0 Å². The second-order valence-electron chi connectivity index (χ2n) is 7.58. The van der Waals surface area contributed by atoms with Gasteiger partial charge in [0.2, 0.25) is 0 Å². The van der Waals surface area contributed by atoms with Crippen LogP contribution in [0.1, 0.15) is 34.0 Å². The van der Waals surface area contributed by atoms with Crippen molar-refractivity contribution in [2.75, 3.05) is 39.3 Å². The van der Waals surface area contributed by atoms with Crippen molar-refractivity contribution in [1.82, 2.24) is 15.1 Å². The lowest BCUT2D eigenvalue weighted by Crippen LogP contribution is -2.45. The smallest absolute Gasteiger partial charge is 0.251 e. The predicted molar refractivity (Wildman–Crippen MR) is 111 cm³/mol. The Morgan fingerprint density at radius 3 is 2.57 bits per heavy atom. The number of likely N-dealkylation sites (N-methyl/N-ethyl adjacent to an activating group) is 1. The summed E-state index contributed by atoms with van der Waals surface area (Å²) in [5, 5.41) is 3.09. The first-order valence-electron chi connectivity index (χ1n) is 10.3. The summed E-state index contributed by atoms with van der Waals surface area (Å²) in [6.07, 6.45) is 0.880. The van der Waals surface area contributed by atoms with Gasteiger partial charge in [-0.25, -0.2) is 0 Å². The first-order valence-corrected chi connectivity index (χ1v) is 10.3. The van der Waals surface area contributed by atoms with Crippen LogP contribution < -0.4 is 10.1 Å². The average Bonchev–Trinajstić information content (AvgIpc) is 3.21. The number of piperazine rings is 1. The van der Waals surface area contributed by atoms with E-state index in [1.165, 1.54) is 11.1 Å². The molecule has 0 radical (unpaired) electrons. The summed E-state index contributed by atoms with van der Waals surface area (Å²) in [4.78, 5) is 17.6. The van der Waals surface area contributed by atoms with Crippen molar-refractivity contribution in [3.8, 4) is 5.75 Å². The molecule has 148 valence electrons. The Hall–Kier alpha value is -2.37. The SMILES string of the molecule is CCN1CCN(Cc2ccccc2CNC(=O)c2ccc3c(c2)CCO3)CC1. The van der Waals surface area contributed by atoms with E-state index in [1.54, 1.807) is 0 Å². The molecule has 4 rings (SSSR count). The third-order valence-electron chi connectivity index (χ3n) is 5.82. The van der Waals surface area contributed by atoms with Gasteiger partial charge in [-0.05, 0) is 41.4 Å². The predicted octanol–water partition coefficient (Wildman–Crippen LogP) is 2.69. The van der Waals surface area contributed by atoms with Gasteiger partial charge in [0.05, 0.1) is 6.61 Å². The van der Waals surface area contributed by atoms with E-state index in [0.29, 0.717) is 18.7 Å². The summed E-state index contributed by atoms with van der Waals surface area (Å²) in [6, 6.07) is 14.1. The Morgan fingerprint density at radius 1 is 1.04 bits per heavy atom. The number of benzene rings is 2. The molecule has 2 heterocycles. The van der Waals surface area contributed by atoms with Crippen LogP contribution in [0.25, 0.3) is 0 Å². The maximum Gasteiger partial charge on any atom is 0.251 e. The Labute approximate surface area is 167 Å². The van der Waals surface area contributed by atoms with E-state index >= 15 is 0 Å². The number of hydrogen-bond acceptors (Lipinski definition) is 4. The van der Waals surface area contributed by atoms with Gasteiger partial charge in [0.1, 0.15) is 5.75 Å². The monoisotopic (exact) mass is 379 g/mol. The van der Waals surface area contributed by atoms with E-state index in [0.717, 1.165) is 57.0 Å². The van der Waals surface area contributed by atoms with Crippen molar-refractivity contribution in [3.05, 3.63) is 64.7 Å². The molecular weight excluding hydrogens is 350 g/mol. The highest BCUT2D eigenvalue weighted by Gasteiger charge is 2.18. The Morgan fingerprint density at radius 2 is 1.79 bits per heavy atom. The summed E-state index contributed by atoms with van der Waals surface area (Å²) in [5.74, 6) is 0.881. The van der Waals surface area contributed by atoms with Gasteiger partial charge in [0, 0.05) is 51.3 Å². The molecule has 1 fully saturated rings. The normalized spacial score (nSPS) is 17.2. The fraction of sp³-hybridized carbons (Fsp3) is 0.435. The molecule has 0 spiro atoms. The summed E-state index contributed by atoms with van der Waals surface area (Å²) in [6.45, 7) is 10.0. The van der Waals surface area contributed by atoms with E-state index in [9.17, 15) is 4.79 Å². The number of ether oxygens (including phenoxy) is 1. The lowest BCUT2D eigenvalue weighted by Gasteiger charge is -2.34. The van der Waals surface area contributed by atoms with Gasteiger partial charge in [-0.15, -0.1) is 0 Å². The molecule has 0 atom stereocenters. The summed E-state index contributed by atoms with van der Waals surface area (Å²) >= 11 is 0. The van der Waals surface area contributed by atoms with Crippen LogP contribution in [0.5, 0.6) is 5.75 Å². The number of rotatable bonds is 6. The third-order valence-corrected chi connectivity index (χ3v) is 5.82. The van der Waals surface area contributed by atoms with Gasteiger partial charge < -0.3 is 15.0 Å². The molecule has 0 aliphatic carbocycles. The van der Waals surface area contributed by atoms with Gasteiger partial charge in [-0.3, -0.25) is 9.69 Å². The molecule has 1 saturated heterocycles. The van der Waals surface area contributed by atoms with Crippen LogP contribution in [0.15, 0.2) is 42.5 Å². The molecular formula is C23H29N3O2. The van der Waals surface area contributed by atoms with Gasteiger partial charge >= 0.3 is 0 Å². The molecule has 2 aromatic carbocycles. The maximum absolute atomic E-state index is 12.6. The summed E-state index contributed by atoms with van der Waals surface area (Å²) in [5.41, 5.74) is 4.32. The summed E-state index contributed by atoms with van der Waals surface area (Å²) in [7, 11) is 0. The van der Waals surface area contributed by atoms with Crippen LogP contribution in [0.4, 0.5) is 0 Å². The number of hydrogen-bond donors (Lipinski definition) is 1. The minimum absolute atomic E-state index is 0.0268. The molecule has 1 amide bonds. The van der Waals surface area contributed by atoms with Crippen molar-refractivity contribution >= 4 is 5.91 Å². The number of amides is 1. The molecule has 0 unspecified atom stereocenters. The number of fused-ring (bicyclic) bond motifs is 1. The highest BCUT2D eigenvalue weighted by molar-refractivity contribution is 5.94. The van der Waals surface area contributed by atoms with Crippen molar-refractivity contribution in [1.29, 1.82) is 0 Å². The fourth-order valence-corrected chi connectivity index (χ4v) is 3.99. The quantitative estimate of drug-likeness (QED) is 0.838. The van der Waals surface area contributed by atoms with E-state index in [-0.39, 0.29) is 5.91 Å². The number of carbonyl (C=O) groups is 1. The van der Waals surface area contributed by atoms with E-state index < -0.39 is 0 Å². The molecule has 2 aliphatic rings.